The van der Waals surface area contributed by atoms with Gasteiger partial charge in [-0.3, -0.25) is 9.59 Å². The number of ether oxygens (including phenoxy) is 2. The average Bonchev–Trinajstić information content (AvgIpc) is 2.61. The molecule has 134 valence electrons. The van der Waals surface area contributed by atoms with Crippen molar-refractivity contribution in [3.8, 4) is 0 Å². The van der Waals surface area contributed by atoms with Gasteiger partial charge in [-0.2, -0.15) is 0 Å². The fraction of sp³-hybridized carbons (Fsp3) is 0.500. The van der Waals surface area contributed by atoms with Crippen molar-refractivity contribution >= 4 is 11.8 Å². The molecule has 0 bridgehead atoms. The Morgan fingerprint density at radius 1 is 0.792 bits per heavy atom. The van der Waals surface area contributed by atoms with Crippen LogP contribution >= 0.6 is 0 Å². The summed E-state index contributed by atoms with van der Waals surface area (Å²) in [5.74, 6) is -0.741. The molecule has 0 atom stereocenters. The Morgan fingerprint density at radius 2 is 1.21 bits per heavy atom. The summed E-state index contributed by atoms with van der Waals surface area (Å²) >= 11 is 0. The van der Waals surface area contributed by atoms with Crippen molar-refractivity contribution in [3.63, 3.8) is 0 Å². The van der Waals surface area contributed by atoms with E-state index in [1.54, 1.807) is 24.3 Å². The highest BCUT2D eigenvalue weighted by Gasteiger charge is 2.15. The first-order chi connectivity index (χ1) is 11.7. The molecule has 0 aliphatic carbocycles. The minimum atomic E-state index is -0.370. The Labute approximate surface area is 140 Å². The summed E-state index contributed by atoms with van der Waals surface area (Å²) in [7, 11) is 0. The van der Waals surface area contributed by atoms with Crippen molar-refractivity contribution < 1.29 is 29.3 Å². The van der Waals surface area contributed by atoms with E-state index in [2.05, 4.69) is 10.6 Å². The Kier molecular flexibility index (Phi) is 10.4. The van der Waals surface area contributed by atoms with Gasteiger partial charge >= 0.3 is 0 Å². The number of amides is 2. The van der Waals surface area contributed by atoms with Crippen molar-refractivity contribution in [1.82, 2.24) is 10.6 Å². The molecule has 0 heterocycles. The SMILES string of the molecule is O=C(NCCOCCO)c1ccccc1C(=O)NCCOCCO. The molecular weight excluding hydrogens is 316 g/mol. The molecule has 0 aliphatic heterocycles. The van der Waals surface area contributed by atoms with Crippen molar-refractivity contribution in [1.29, 1.82) is 0 Å². The van der Waals surface area contributed by atoms with Gasteiger partial charge in [-0.15, -0.1) is 0 Å². The van der Waals surface area contributed by atoms with Crippen LogP contribution < -0.4 is 10.6 Å². The highest BCUT2D eigenvalue weighted by Crippen LogP contribution is 2.08. The molecule has 0 saturated carbocycles. The number of nitrogens with one attached hydrogen (secondary N) is 2. The molecule has 24 heavy (non-hydrogen) atoms. The van der Waals surface area contributed by atoms with Crippen LogP contribution in [0.1, 0.15) is 20.7 Å². The molecule has 4 N–H and O–H groups in total. The molecule has 1 rings (SSSR count). The third-order valence-electron chi connectivity index (χ3n) is 2.95. The van der Waals surface area contributed by atoms with Gasteiger partial charge in [0.2, 0.25) is 0 Å². The van der Waals surface area contributed by atoms with Gasteiger partial charge in [0.05, 0.1) is 50.8 Å². The van der Waals surface area contributed by atoms with Gasteiger partial charge < -0.3 is 30.3 Å². The van der Waals surface area contributed by atoms with Crippen LogP contribution in [0.5, 0.6) is 0 Å². The molecule has 0 aliphatic rings. The van der Waals surface area contributed by atoms with Crippen molar-refractivity contribution in [3.05, 3.63) is 35.4 Å². The number of hydrogen-bond acceptors (Lipinski definition) is 6. The van der Waals surface area contributed by atoms with Crippen LogP contribution in [0.4, 0.5) is 0 Å². The molecule has 0 aromatic heterocycles. The molecular formula is C16H24N2O6. The lowest BCUT2D eigenvalue weighted by Gasteiger charge is -2.11. The van der Waals surface area contributed by atoms with E-state index in [9.17, 15) is 9.59 Å². The minimum absolute atomic E-state index is 0.0705. The predicted octanol–water partition coefficient (Wildman–Crippen LogP) is -0.836. The summed E-state index contributed by atoms with van der Waals surface area (Å²) in [6.45, 7) is 1.41. The number of aliphatic hydroxyl groups excluding tert-OH is 2. The third-order valence-corrected chi connectivity index (χ3v) is 2.95. The highest BCUT2D eigenvalue weighted by molar-refractivity contribution is 6.07. The fourth-order valence-corrected chi connectivity index (χ4v) is 1.88. The van der Waals surface area contributed by atoms with Crippen molar-refractivity contribution in [2.45, 2.75) is 0 Å². The Balaban J connectivity index is 2.50. The quantitative estimate of drug-likeness (QED) is 0.369. The second kappa shape index (κ2) is 12.4. The standard InChI is InChI=1S/C16H24N2O6/c19-7-11-23-9-5-17-15(21)13-3-1-2-4-14(13)16(22)18-6-10-24-12-8-20/h1-4,19-20H,5-12H2,(H,17,21)(H,18,22). The smallest absolute Gasteiger partial charge is 0.252 e. The Bertz CT molecular complexity index is 464. The zero-order valence-corrected chi connectivity index (χ0v) is 13.5. The first kappa shape index (κ1) is 20.0. The van der Waals surface area contributed by atoms with Crippen molar-refractivity contribution in [2.75, 3.05) is 52.7 Å². The fourth-order valence-electron chi connectivity index (χ4n) is 1.88. The Morgan fingerprint density at radius 3 is 1.58 bits per heavy atom. The monoisotopic (exact) mass is 340 g/mol. The minimum Gasteiger partial charge on any atom is -0.394 e. The van der Waals surface area contributed by atoms with E-state index in [0.29, 0.717) is 0 Å². The molecule has 2 amide bonds. The van der Waals surface area contributed by atoms with Crippen LogP contribution in [-0.2, 0) is 9.47 Å². The van der Waals surface area contributed by atoms with E-state index >= 15 is 0 Å². The Hall–Kier alpha value is -2.00. The summed E-state index contributed by atoms with van der Waals surface area (Å²) in [6.07, 6.45) is 0. The van der Waals surface area contributed by atoms with E-state index in [0.717, 1.165) is 0 Å². The summed E-state index contributed by atoms with van der Waals surface area (Å²) in [5.41, 5.74) is 0.543. The van der Waals surface area contributed by atoms with Gasteiger partial charge in [-0.25, -0.2) is 0 Å². The zero-order valence-electron chi connectivity index (χ0n) is 13.5. The largest absolute Gasteiger partial charge is 0.394 e. The van der Waals surface area contributed by atoms with E-state index in [-0.39, 0.29) is 75.7 Å². The molecule has 8 nitrogen and oxygen atoms in total. The molecule has 0 radical (unpaired) electrons. The third kappa shape index (κ3) is 7.51. The van der Waals surface area contributed by atoms with Crippen molar-refractivity contribution in [2.24, 2.45) is 0 Å². The number of rotatable bonds is 12. The molecule has 1 aromatic rings. The lowest BCUT2D eigenvalue weighted by atomic mass is 10.1. The first-order valence-corrected chi connectivity index (χ1v) is 7.73. The topological polar surface area (TPSA) is 117 Å². The van der Waals surface area contributed by atoms with Gasteiger partial charge in [0.15, 0.2) is 0 Å². The van der Waals surface area contributed by atoms with E-state index in [1.807, 2.05) is 0 Å². The van der Waals surface area contributed by atoms with Gasteiger partial charge in [0, 0.05) is 13.1 Å². The number of hydrogen-bond donors (Lipinski definition) is 4. The lowest BCUT2D eigenvalue weighted by molar-refractivity contribution is 0.0817. The summed E-state index contributed by atoms with van der Waals surface area (Å²) in [5, 5.41) is 22.5. The second-order valence-corrected chi connectivity index (χ2v) is 4.73. The van der Waals surface area contributed by atoms with Crippen LogP contribution in [0.25, 0.3) is 0 Å². The maximum atomic E-state index is 12.2. The molecule has 0 spiro atoms. The number of carbonyl (C=O) groups excluding carboxylic acids is 2. The number of benzene rings is 1. The van der Waals surface area contributed by atoms with E-state index in [1.165, 1.54) is 0 Å². The van der Waals surface area contributed by atoms with Gasteiger partial charge in [-0.1, -0.05) is 12.1 Å². The van der Waals surface area contributed by atoms with Crippen LogP contribution in [0.3, 0.4) is 0 Å². The maximum Gasteiger partial charge on any atom is 0.252 e. The van der Waals surface area contributed by atoms with E-state index in [4.69, 9.17) is 19.7 Å². The summed E-state index contributed by atoms with van der Waals surface area (Å²) in [6, 6.07) is 6.50. The molecule has 0 saturated heterocycles. The van der Waals surface area contributed by atoms with Gasteiger partial charge in [0.1, 0.15) is 0 Å². The maximum absolute atomic E-state index is 12.2. The van der Waals surface area contributed by atoms with E-state index < -0.39 is 0 Å². The molecule has 1 aromatic carbocycles. The second-order valence-electron chi connectivity index (χ2n) is 4.73. The number of aliphatic hydroxyl groups is 2. The molecule has 8 heteroatoms. The number of carbonyl (C=O) groups is 2. The molecule has 0 fully saturated rings. The predicted molar refractivity (Wildman–Crippen MR) is 86.9 cm³/mol. The lowest BCUT2D eigenvalue weighted by Crippen LogP contribution is -2.32. The highest BCUT2D eigenvalue weighted by atomic mass is 16.5. The zero-order chi connectivity index (χ0) is 17.6. The average molecular weight is 340 g/mol. The molecule has 0 unspecified atom stereocenters. The van der Waals surface area contributed by atoms with Crippen LogP contribution in [-0.4, -0.2) is 74.8 Å². The van der Waals surface area contributed by atoms with Gasteiger partial charge in [-0.05, 0) is 12.1 Å². The van der Waals surface area contributed by atoms with Crippen LogP contribution in [0.2, 0.25) is 0 Å². The van der Waals surface area contributed by atoms with Gasteiger partial charge in [0.25, 0.3) is 11.8 Å². The first-order valence-electron chi connectivity index (χ1n) is 7.73. The summed E-state index contributed by atoms with van der Waals surface area (Å²) in [4.78, 5) is 24.3. The van der Waals surface area contributed by atoms with Crippen LogP contribution in [0.15, 0.2) is 24.3 Å². The summed E-state index contributed by atoms with van der Waals surface area (Å²) < 4.78 is 10.1. The normalized spacial score (nSPS) is 10.4. The van der Waals surface area contributed by atoms with Crippen LogP contribution in [0, 0.1) is 0 Å².